The van der Waals surface area contributed by atoms with Gasteiger partial charge in [0.2, 0.25) is 11.8 Å². The summed E-state index contributed by atoms with van der Waals surface area (Å²) in [5.41, 5.74) is -3.13. The molecule has 0 heterocycles. The lowest BCUT2D eigenvalue weighted by molar-refractivity contribution is -0.146. The van der Waals surface area contributed by atoms with E-state index in [-0.39, 0.29) is 23.9 Å². The molecule has 33 heavy (non-hydrogen) atoms. The van der Waals surface area contributed by atoms with E-state index in [9.17, 15) is 19.8 Å². The molecular formula is C27H50N2O4. The highest BCUT2D eigenvalue weighted by molar-refractivity contribution is 6.04. The summed E-state index contributed by atoms with van der Waals surface area (Å²) in [4.78, 5) is 26.8. The normalized spacial score (nSPS) is 22.6. The third-order valence-electron chi connectivity index (χ3n) is 7.90. The minimum atomic E-state index is -1.31. The lowest BCUT2D eigenvalue weighted by Crippen LogP contribution is -2.61. The molecule has 0 aromatic carbocycles. The van der Waals surface area contributed by atoms with Crippen molar-refractivity contribution >= 4 is 11.8 Å². The van der Waals surface area contributed by atoms with Crippen LogP contribution in [0.5, 0.6) is 0 Å². The summed E-state index contributed by atoms with van der Waals surface area (Å²) in [5, 5.41) is 28.8. The summed E-state index contributed by atoms with van der Waals surface area (Å²) in [6, 6.07) is -0.738. The molecule has 0 bridgehead atoms. The lowest BCUT2D eigenvalue weighted by Gasteiger charge is -2.43. The number of rotatable bonds is 10. The number of amides is 2. The fourth-order valence-electron chi connectivity index (χ4n) is 5.57. The Balaban J connectivity index is 2.15. The van der Waals surface area contributed by atoms with E-state index in [0.717, 1.165) is 38.5 Å². The zero-order chi connectivity index (χ0) is 24.9. The molecular weight excluding hydrogens is 416 g/mol. The molecule has 2 atom stereocenters. The Hall–Kier alpha value is -1.14. The molecule has 0 aliphatic heterocycles. The molecule has 2 unspecified atom stereocenters. The number of hydrogen-bond acceptors (Lipinski definition) is 4. The highest BCUT2D eigenvalue weighted by atomic mass is 16.3. The maximum Gasteiger partial charge on any atom is 0.235 e. The number of aliphatic hydroxyl groups is 2. The molecule has 0 aromatic heterocycles. The van der Waals surface area contributed by atoms with Gasteiger partial charge in [0.1, 0.15) is 5.41 Å². The highest BCUT2D eigenvalue weighted by Gasteiger charge is 2.46. The average molecular weight is 467 g/mol. The molecule has 2 amide bonds. The molecule has 0 radical (unpaired) electrons. The van der Waals surface area contributed by atoms with Gasteiger partial charge in [-0.2, -0.15) is 0 Å². The molecule has 0 aromatic rings. The molecule has 4 N–H and O–H groups in total. The molecule has 2 fully saturated rings. The first-order valence-electron chi connectivity index (χ1n) is 13.4. The van der Waals surface area contributed by atoms with Crippen LogP contribution in [-0.2, 0) is 9.59 Å². The third kappa shape index (κ3) is 7.42. The Morgan fingerprint density at radius 3 is 1.27 bits per heavy atom. The van der Waals surface area contributed by atoms with Gasteiger partial charge in [-0.3, -0.25) is 9.59 Å². The summed E-state index contributed by atoms with van der Waals surface area (Å²) in [7, 11) is 0. The molecule has 0 saturated heterocycles. The zero-order valence-corrected chi connectivity index (χ0v) is 22.0. The number of hydrogen-bond donors (Lipinski definition) is 4. The van der Waals surface area contributed by atoms with Crippen LogP contribution in [-0.4, -0.2) is 45.3 Å². The van der Waals surface area contributed by atoms with E-state index < -0.39 is 16.6 Å². The predicted octanol–water partition coefficient (Wildman–Crippen LogP) is 4.46. The van der Waals surface area contributed by atoms with Crippen molar-refractivity contribution in [1.29, 1.82) is 0 Å². The first kappa shape index (κ1) is 28.1. The maximum atomic E-state index is 13.4. The monoisotopic (exact) mass is 466 g/mol. The van der Waals surface area contributed by atoms with E-state index in [1.807, 2.05) is 0 Å². The second-order valence-corrected chi connectivity index (χ2v) is 12.3. The van der Waals surface area contributed by atoms with Crippen molar-refractivity contribution in [1.82, 2.24) is 10.6 Å². The zero-order valence-electron chi connectivity index (χ0n) is 22.0. The van der Waals surface area contributed by atoms with Gasteiger partial charge in [-0.1, -0.05) is 66.2 Å². The maximum absolute atomic E-state index is 13.4. The van der Waals surface area contributed by atoms with Crippen LogP contribution in [0.15, 0.2) is 0 Å². The van der Waals surface area contributed by atoms with Gasteiger partial charge in [0.25, 0.3) is 0 Å². The first-order valence-corrected chi connectivity index (χ1v) is 13.4. The second kappa shape index (κ2) is 11.5. The Kier molecular flexibility index (Phi) is 9.81. The van der Waals surface area contributed by atoms with Crippen LogP contribution in [0, 0.1) is 17.3 Å². The number of carbonyl (C=O) groups excluding carboxylic acids is 2. The topological polar surface area (TPSA) is 98.7 Å². The van der Waals surface area contributed by atoms with E-state index in [1.54, 1.807) is 13.8 Å². The summed E-state index contributed by atoms with van der Waals surface area (Å²) in [6.45, 7) is 11.6. The molecule has 192 valence electrons. The largest absolute Gasteiger partial charge is 0.388 e. The Bertz CT molecular complexity index is 593. The van der Waals surface area contributed by atoms with Gasteiger partial charge in [-0.25, -0.2) is 0 Å². The fourth-order valence-corrected chi connectivity index (χ4v) is 5.57. The van der Waals surface area contributed by atoms with Crippen LogP contribution in [0.2, 0.25) is 0 Å². The van der Waals surface area contributed by atoms with Gasteiger partial charge in [0.05, 0.1) is 23.3 Å². The van der Waals surface area contributed by atoms with Crippen molar-refractivity contribution in [2.24, 2.45) is 17.3 Å². The van der Waals surface area contributed by atoms with Gasteiger partial charge in [0.15, 0.2) is 0 Å². The first-order chi connectivity index (χ1) is 15.3. The van der Waals surface area contributed by atoms with Crippen LogP contribution in [0.4, 0.5) is 0 Å². The van der Waals surface area contributed by atoms with Crippen molar-refractivity contribution in [2.75, 3.05) is 0 Å². The smallest absolute Gasteiger partial charge is 0.235 e. The predicted molar refractivity (Wildman–Crippen MR) is 133 cm³/mol. The molecule has 2 aliphatic carbocycles. The molecule has 2 aliphatic rings. The second-order valence-electron chi connectivity index (χ2n) is 12.3. The van der Waals surface area contributed by atoms with E-state index in [0.29, 0.717) is 50.4 Å². The Morgan fingerprint density at radius 2 is 1.00 bits per heavy atom. The van der Waals surface area contributed by atoms with E-state index in [2.05, 4.69) is 38.3 Å². The molecule has 2 saturated carbocycles. The van der Waals surface area contributed by atoms with Gasteiger partial charge in [-0.05, 0) is 64.2 Å². The lowest BCUT2D eigenvalue weighted by atomic mass is 9.75. The summed E-state index contributed by atoms with van der Waals surface area (Å²) in [5.74, 6) is -0.0875. The summed E-state index contributed by atoms with van der Waals surface area (Å²) < 4.78 is 0. The minimum Gasteiger partial charge on any atom is -0.388 e. The van der Waals surface area contributed by atoms with Gasteiger partial charge >= 0.3 is 0 Å². The summed E-state index contributed by atoms with van der Waals surface area (Å²) >= 11 is 0. The molecule has 6 nitrogen and oxygen atoms in total. The molecule has 2 rings (SSSR count). The number of nitrogens with one attached hydrogen (secondary N) is 2. The molecule has 6 heteroatoms. The average Bonchev–Trinajstić information content (AvgIpc) is 2.73. The van der Waals surface area contributed by atoms with E-state index in [1.165, 1.54) is 0 Å². The van der Waals surface area contributed by atoms with Crippen LogP contribution in [0.3, 0.4) is 0 Å². The van der Waals surface area contributed by atoms with Crippen LogP contribution >= 0.6 is 0 Å². The Morgan fingerprint density at radius 1 is 0.697 bits per heavy atom. The SMILES string of the molecule is CC(C)CC(NC(=O)C(C)(C)C(=O)NC(CC(C)C)C1(O)CCCCC1)C1(O)CCCCC1. The van der Waals surface area contributed by atoms with Crippen molar-refractivity contribution in [3.63, 3.8) is 0 Å². The standard InChI is InChI=1S/C27H50N2O4/c1-19(2)17-21(26(32)13-9-7-10-14-26)28-23(30)25(5,6)24(31)29-22(18-20(3)4)27(33)15-11-8-12-16-27/h19-22,32-33H,7-18H2,1-6H3,(H,28,30)(H,29,31). The van der Waals surface area contributed by atoms with Crippen molar-refractivity contribution < 1.29 is 19.8 Å². The van der Waals surface area contributed by atoms with Crippen molar-refractivity contribution in [2.45, 2.75) is 142 Å². The quantitative estimate of drug-likeness (QED) is 0.357. The highest BCUT2D eigenvalue weighted by Crippen LogP contribution is 2.35. The van der Waals surface area contributed by atoms with Crippen LogP contribution in [0.1, 0.15) is 119 Å². The van der Waals surface area contributed by atoms with Gasteiger partial charge in [0, 0.05) is 0 Å². The molecule has 0 spiro atoms. The van der Waals surface area contributed by atoms with Crippen LogP contribution in [0.25, 0.3) is 0 Å². The van der Waals surface area contributed by atoms with Gasteiger partial charge < -0.3 is 20.8 Å². The van der Waals surface area contributed by atoms with Gasteiger partial charge in [-0.15, -0.1) is 0 Å². The van der Waals surface area contributed by atoms with Crippen molar-refractivity contribution in [3.8, 4) is 0 Å². The van der Waals surface area contributed by atoms with E-state index >= 15 is 0 Å². The summed E-state index contributed by atoms with van der Waals surface area (Å²) in [6.07, 6.45) is 10.1. The van der Waals surface area contributed by atoms with Crippen molar-refractivity contribution in [3.05, 3.63) is 0 Å². The fraction of sp³-hybridized carbons (Fsp3) is 0.926. The van der Waals surface area contributed by atoms with E-state index in [4.69, 9.17) is 0 Å². The third-order valence-corrected chi connectivity index (χ3v) is 7.90. The minimum absolute atomic E-state index is 0.314. The number of carbonyl (C=O) groups is 2. The Labute approximate surface area is 201 Å². The van der Waals surface area contributed by atoms with Crippen LogP contribution < -0.4 is 10.6 Å².